The molecule has 20 heavy (non-hydrogen) atoms. The molecule has 1 aliphatic carbocycles. The van der Waals surface area contributed by atoms with E-state index < -0.39 is 0 Å². The molecule has 2 aromatic rings. The van der Waals surface area contributed by atoms with E-state index in [0.29, 0.717) is 16.7 Å². The maximum atomic E-state index is 12.6. The van der Waals surface area contributed by atoms with Crippen molar-refractivity contribution >= 4 is 11.6 Å². The number of carbonyl (C=O) groups is 2. The van der Waals surface area contributed by atoms with Gasteiger partial charge in [-0.3, -0.25) is 9.59 Å². The van der Waals surface area contributed by atoms with Crippen LogP contribution in [0, 0.1) is 0 Å². The van der Waals surface area contributed by atoms with Crippen LogP contribution in [-0.4, -0.2) is 11.6 Å². The molecule has 0 bridgehead atoms. The molecule has 2 aromatic carbocycles. The van der Waals surface area contributed by atoms with E-state index in [2.05, 4.69) is 0 Å². The van der Waals surface area contributed by atoms with Crippen molar-refractivity contribution in [3.63, 3.8) is 0 Å². The van der Waals surface area contributed by atoms with Crippen LogP contribution >= 0.6 is 0 Å². The van der Waals surface area contributed by atoms with Gasteiger partial charge in [0.2, 0.25) is 0 Å². The highest BCUT2D eigenvalue weighted by Crippen LogP contribution is 2.31. The van der Waals surface area contributed by atoms with Gasteiger partial charge in [-0.15, -0.1) is 0 Å². The molecule has 2 nitrogen and oxygen atoms in total. The summed E-state index contributed by atoms with van der Waals surface area (Å²) in [5.74, 6) is -0.212. The molecule has 0 heterocycles. The first-order valence-electron chi connectivity index (χ1n) is 6.63. The summed E-state index contributed by atoms with van der Waals surface area (Å²) >= 11 is 0. The Morgan fingerprint density at radius 3 is 2.10 bits per heavy atom. The van der Waals surface area contributed by atoms with Gasteiger partial charge in [-0.2, -0.15) is 0 Å². The third kappa shape index (κ3) is 1.99. The van der Waals surface area contributed by atoms with Crippen molar-refractivity contribution in [1.29, 1.82) is 0 Å². The Morgan fingerprint density at radius 2 is 1.40 bits per heavy atom. The molecule has 0 fully saturated rings. The second kappa shape index (κ2) is 4.89. The lowest BCUT2D eigenvalue weighted by molar-refractivity contribution is 0.0979. The third-order valence-electron chi connectivity index (χ3n) is 3.75. The van der Waals surface area contributed by atoms with E-state index >= 15 is 0 Å². The van der Waals surface area contributed by atoms with E-state index in [0.717, 1.165) is 5.56 Å². The van der Waals surface area contributed by atoms with E-state index in [1.54, 1.807) is 24.3 Å². The smallest absolute Gasteiger partial charge is 0.190 e. The first-order valence-corrected chi connectivity index (χ1v) is 6.63. The van der Waals surface area contributed by atoms with Gasteiger partial charge in [0.05, 0.1) is 0 Å². The van der Waals surface area contributed by atoms with Crippen LogP contribution in [0.3, 0.4) is 0 Å². The highest BCUT2D eigenvalue weighted by molar-refractivity contribution is 6.25. The van der Waals surface area contributed by atoms with E-state index in [1.807, 2.05) is 37.3 Å². The van der Waals surface area contributed by atoms with Crippen molar-refractivity contribution in [2.75, 3.05) is 0 Å². The monoisotopic (exact) mass is 262 g/mol. The van der Waals surface area contributed by atoms with Gasteiger partial charge >= 0.3 is 0 Å². The lowest BCUT2D eigenvalue weighted by atomic mass is 9.81. The zero-order valence-corrected chi connectivity index (χ0v) is 11.2. The van der Waals surface area contributed by atoms with Crippen LogP contribution in [0.15, 0.2) is 66.2 Å². The van der Waals surface area contributed by atoms with Crippen molar-refractivity contribution in [3.05, 3.63) is 82.9 Å². The van der Waals surface area contributed by atoms with Crippen molar-refractivity contribution in [3.8, 4) is 0 Å². The van der Waals surface area contributed by atoms with Crippen molar-refractivity contribution in [2.45, 2.75) is 12.8 Å². The Kier molecular flexibility index (Phi) is 3.07. The first kappa shape index (κ1) is 12.5. The van der Waals surface area contributed by atoms with Gasteiger partial charge < -0.3 is 0 Å². The summed E-state index contributed by atoms with van der Waals surface area (Å²) in [6.07, 6.45) is 1.49. The summed E-state index contributed by atoms with van der Waals surface area (Å²) in [6, 6.07) is 16.8. The van der Waals surface area contributed by atoms with Gasteiger partial charge in [0.1, 0.15) is 0 Å². The molecule has 0 radical (unpaired) electrons. The quantitative estimate of drug-likeness (QED) is 0.825. The fourth-order valence-electron chi connectivity index (χ4n) is 2.58. The number of carbonyl (C=O) groups excluding carboxylic acids is 2. The molecule has 0 saturated heterocycles. The average molecular weight is 262 g/mol. The lowest BCUT2D eigenvalue weighted by Gasteiger charge is -2.20. The average Bonchev–Trinajstić information content (AvgIpc) is 2.51. The van der Waals surface area contributed by atoms with E-state index in [1.165, 1.54) is 6.08 Å². The molecule has 0 amide bonds. The molecule has 1 unspecified atom stereocenters. The second-order valence-electron chi connectivity index (χ2n) is 4.97. The van der Waals surface area contributed by atoms with Crippen molar-refractivity contribution in [1.82, 2.24) is 0 Å². The molecule has 1 atom stereocenters. The van der Waals surface area contributed by atoms with Gasteiger partial charge in [0.15, 0.2) is 11.6 Å². The van der Waals surface area contributed by atoms with Crippen molar-refractivity contribution < 1.29 is 9.59 Å². The minimum atomic E-state index is -0.0852. The van der Waals surface area contributed by atoms with Gasteiger partial charge in [0.25, 0.3) is 0 Å². The molecule has 1 aliphatic rings. The third-order valence-corrected chi connectivity index (χ3v) is 3.75. The van der Waals surface area contributed by atoms with Crippen LogP contribution < -0.4 is 0 Å². The number of benzene rings is 2. The predicted octanol–water partition coefficient (Wildman–Crippen LogP) is 3.80. The number of hydrogen-bond donors (Lipinski definition) is 0. The normalized spacial score (nSPS) is 15.6. The number of allylic oxidation sites excluding steroid dienone is 2. The molecule has 0 saturated carbocycles. The fraction of sp³-hybridized carbons (Fsp3) is 0.111. The number of hydrogen-bond acceptors (Lipinski definition) is 2. The molecular formula is C18H14O2. The summed E-state index contributed by atoms with van der Waals surface area (Å²) in [5, 5.41) is 0. The highest BCUT2D eigenvalue weighted by Gasteiger charge is 2.28. The number of ketones is 2. The number of Topliss-reactive ketones (excluding diaryl/α,β-unsaturated/α-hetero) is 1. The summed E-state index contributed by atoms with van der Waals surface area (Å²) in [7, 11) is 0. The molecule has 3 rings (SSSR count). The maximum absolute atomic E-state index is 12.6. The van der Waals surface area contributed by atoms with Crippen LogP contribution in [-0.2, 0) is 0 Å². The molecule has 0 spiro atoms. The Hall–Kier alpha value is -2.48. The molecule has 0 N–H and O–H groups in total. The fourth-order valence-corrected chi connectivity index (χ4v) is 2.58. The zero-order valence-electron chi connectivity index (χ0n) is 11.2. The Bertz CT molecular complexity index is 711. The number of rotatable bonds is 2. The Balaban J connectivity index is 2.05. The van der Waals surface area contributed by atoms with Gasteiger partial charge in [-0.25, -0.2) is 0 Å². The minimum Gasteiger partial charge on any atom is -0.289 e. The Labute approximate surface area is 117 Å². The lowest BCUT2D eigenvalue weighted by Crippen LogP contribution is -2.20. The summed E-state index contributed by atoms with van der Waals surface area (Å²) in [5.41, 5.74) is 2.62. The van der Waals surface area contributed by atoms with E-state index in [9.17, 15) is 9.59 Å². The highest BCUT2D eigenvalue weighted by atomic mass is 16.1. The van der Waals surface area contributed by atoms with E-state index in [4.69, 9.17) is 0 Å². The summed E-state index contributed by atoms with van der Waals surface area (Å²) in [6.45, 7) is 1.96. The number of fused-ring (bicyclic) bond motifs is 1. The van der Waals surface area contributed by atoms with Gasteiger partial charge in [-0.1, -0.05) is 61.5 Å². The topological polar surface area (TPSA) is 34.1 Å². The Morgan fingerprint density at radius 1 is 0.800 bits per heavy atom. The predicted molar refractivity (Wildman–Crippen MR) is 78.0 cm³/mol. The van der Waals surface area contributed by atoms with E-state index in [-0.39, 0.29) is 17.5 Å². The molecule has 0 aromatic heterocycles. The second-order valence-corrected chi connectivity index (χ2v) is 4.97. The van der Waals surface area contributed by atoms with Crippen molar-refractivity contribution in [2.24, 2.45) is 0 Å². The molecule has 98 valence electrons. The maximum Gasteiger partial charge on any atom is 0.190 e. The molecule has 2 heteroatoms. The standard InChI is InChI=1S/C18H14O2/c1-12(13-7-3-2-4-8-13)16-11-17(19)14-9-5-6-10-15(14)18(16)20/h2-12H,1H3. The van der Waals surface area contributed by atoms with Crippen LogP contribution in [0.2, 0.25) is 0 Å². The van der Waals surface area contributed by atoms with Crippen LogP contribution in [0.5, 0.6) is 0 Å². The summed E-state index contributed by atoms with van der Waals surface area (Å²) < 4.78 is 0. The summed E-state index contributed by atoms with van der Waals surface area (Å²) in [4.78, 5) is 24.7. The zero-order chi connectivity index (χ0) is 14.1. The van der Waals surface area contributed by atoms with Gasteiger partial charge in [0, 0.05) is 22.6 Å². The van der Waals surface area contributed by atoms with Crippen LogP contribution in [0.4, 0.5) is 0 Å². The van der Waals surface area contributed by atoms with Crippen LogP contribution in [0.1, 0.15) is 39.1 Å². The van der Waals surface area contributed by atoms with Gasteiger partial charge in [-0.05, 0) is 11.6 Å². The first-order chi connectivity index (χ1) is 9.68. The minimum absolute atomic E-state index is 0.0449. The largest absolute Gasteiger partial charge is 0.289 e. The molecular weight excluding hydrogens is 248 g/mol. The SMILES string of the molecule is CC(C1=CC(=O)c2ccccc2C1=O)c1ccccc1. The molecule has 0 aliphatic heterocycles. The van der Waals surface area contributed by atoms with Crippen LogP contribution in [0.25, 0.3) is 0 Å².